The SMILES string of the molecule is O=C(Nc1cccc(F)c1)Nc1ccnn1C1CCN(C(=O)CCc2cccnc2)CC1. The van der Waals surface area contributed by atoms with E-state index in [0.717, 1.165) is 18.4 Å². The Balaban J connectivity index is 1.28. The Bertz CT molecular complexity index is 1060. The van der Waals surface area contributed by atoms with Crippen LogP contribution >= 0.6 is 0 Å². The molecule has 32 heavy (non-hydrogen) atoms. The molecule has 3 aromatic rings. The summed E-state index contributed by atoms with van der Waals surface area (Å²) < 4.78 is 15.1. The lowest BCUT2D eigenvalue weighted by atomic mass is 10.0. The fourth-order valence-electron chi connectivity index (χ4n) is 3.86. The summed E-state index contributed by atoms with van der Waals surface area (Å²) in [5.74, 6) is 0.274. The van der Waals surface area contributed by atoms with Crippen molar-refractivity contribution in [1.82, 2.24) is 19.7 Å². The van der Waals surface area contributed by atoms with Gasteiger partial charge in [-0.25, -0.2) is 13.9 Å². The van der Waals surface area contributed by atoms with Gasteiger partial charge in [-0.2, -0.15) is 5.10 Å². The lowest BCUT2D eigenvalue weighted by Crippen LogP contribution is -2.39. The van der Waals surface area contributed by atoms with E-state index in [0.29, 0.717) is 37.4 Å². The van der Waals surface area contributed by atoms with Gasteiger partial charge in [0, 0.05) is 43.7 Å². The normalized spacial score (nSPS) is 14.2. The van der Waals surface area contributed by atoms with Gasteiger partial charge in [-0.15, -0.1) is 0 Å². The van der Waals surface area contributed by atoms with E-state index >= 15 is 0 Å². The number of amides is 3. The molecule has 1 saturated heterocycles. The van der Waals surface area contributed by atoms with Gasteiger partial charge in [0.2, 0.25) is 5.91 Å². The minimum atomic E-state index is -0.472. The Labute approximate surface area is 185 Å². The second-order valence-corrected chi connectivity index (χ2v) is 7.72. The third-order valence-electron chi connectivity index (χ3n) is 5.51. The largest absolute Gasteiger partial charge is 0.343 e. The average molecular weight is 436 g/mol. The average Bonchev–Trinajstić information content (AvgIpc) is 3.26. The topological polar surface area (TPSA) is 92.2 Å². The monoisotopic (exact) mass is 436 g/mol. The Morgan fingerprint density at radius 1 is 1.06 bits per heavy atom. The number of aryl methyl sites for hydroxylation is 1. The van der Waals surface area contributed by atoms with Gasteiger partial charge in [0.05, 0.1) is 12.2 Å². The van der Waals surface area contributed by atoms with E-state index in [1.165, 1.54) is 18.2 Å². The van der Waals surface area contributed by atoms with Crippen LogP contribution < -0.4 is 10.6 Å². The summed E-state index contributed by atoms with van der Waals surface area (Å²) in [6.45, 7) is 1.29. The van der Waals surface area contributed by atoms with Crippen LogP contribution in [0.2, 0.25) is 0 Å². The second-order valence-electron chi connectivity index (χ2n) is 7.72. The molecule has 0 unspecified atom stereocenters. The third kappa shape index (κ3) is 5.48. The molecule has 2 aromatic heterocycles. The summed E-state index contributed by atoms with van der Waals surface area (Å²) in [4.78, 5) is 30.9. The Morgan fingerprint density at radius 3 is 2.66 bits per heavy atom. The number of benzene rings is 1. The van der Waals surface area contributed by atoms with Crippen molar-refractivity contribution in [3.63, 3.8) is 0 Å². The number of pyridine rings is 1. The molecule has 0 saturated carbocycles. The molecule has 0 aliphatic carbocycles. The third-order valence-corrected chi connectivity index (χ3v) is 5.51. The molecule has 166 valence electrons. The molecular weight excluding hydrogens is 411 g/mol. The van der Waals surface area contributed by atoms with Gasteiger partial charge in [-0.1, -0.05) is 12.1 Å². The minimum absolute atomic E-state index is 0.0804. The molecule has 4 rings (SSSR count). The highest BCUT2D eigenvalue weighted by Gasteiger charge is 2.25. The fraction of sp³-hybridized carbons (Fsp3) is 0.304. The van der Waals surface area contributed by atoms with Crippen molar-refractivity contribution in [2.45, 2.75) is 31.7 Å². The Morgan fingerprint density at radius 2 is 1.91 bits per heavy atom. The van der Waals surface area contributed by atoms with Crippen molar-refractivity contribution in [2.24, 2.45) is 0 Å². The predicted octanol–water partition coefficient (Wildman–Crippen LogP) is 3.86. The summed E-state index contributed by atoms with van der Waals surface area (Å²) in [5.41, 5.74) is 1.42. The highest BCUT2D eigenvalue weighted by molar-refractivity contribution is 5.99. The van der Waals surface area contributed by atoms with Gasteiger partial charge in [0.15, 0.2) is 0 Å². The molecule has 1 aliphatic heterocycles. The van der Waals surface area contributed by atoms with E-state index in [2.05, 4.69) is 20.7 Å². The molecule has 0 bridgehead atoms. The second kappa shape index (κ2) is 10.0. The van der Waals surface area contributed by atoms with Gasteiger partial charge < -0.3 is 10.2 Å². The summed E-state index contributed by atoms with van der Waals surface area (Å²) in [7, 11) is 0. The van der Waals surface area contributed by atoms with Crippen LogP contribution in [0.3, 0.4) is 0 Å². The molecular formula is C23H25FN6O2. The number of piperidine rings is 1. The number of nitrogens with zero attached hydrogens (tertiary/aromatic N) is 4. The van der Waals surface area contributed by atoms with Crippen molar-refractivity contribution < 1.29 is 14.0 Å². The zero-order valence-electron chi connectivity index (χ0n) is 17.6. The lowest BCUT2D eigenvalue weighted by Gasteiger charge is -2.32. The highest BCUT2D eigenvalue weighted by Crippen LogP contribution is 2.26. The molecule has 3 heterocycles. The Kier molecular flexibility index (Phi) is 6.74. The van der Waals surface area contributed by atoms with Gasteiger partial charge in [0.1, 0.15) is 11.6 Å². The van der Waals surface area contributed by atoms with Crippen LogP contribution in [0.1, 0.15) is 30.9 Å². The maximum atomic E-state index is 13.3. The highest BCUT2D eigenvalue weighted by atomic mass is 19.1. The van der Waals surface area contributed by atoms with E-state index in [4.69, 9.17) is 0 Å². The van der Waals surface area contributed by atoms with Crippen LogP contribution in [0.4, 0.5) is 20.7 Å². The molecule has 9 heteroatoms. The molecule has 1 fully saturated rings. The van der Waals surface area contributed by atoms with Crippen molar-refractivity contribution in [1.29, 1.82) is 0 Å². The van der Waals surface area contributed by atoms with Gasteiger partial charge >= 0.3 is 6.03 Å². The first-order chi connectivity index (χ1) is 15.6. The van der Waals surface area contributed by atoms with Crippen molar-refractivity contribution >= 4 is 23.4 Å². The van der Waals surface area contributed by atoms with Gasteiger partial charge in [0.25, 0.3) is 0 Å². The number of hydrogen-bond donors (Lipinski definition) is 2. The first kappa shape index (κ1) is 21.5. The Hall–Kier alpha value is -3.75. The number of hydrogen-bond acceptors (Lipinski definition) is 4. The first-order valence-corrected chi connectivity index (χ1v) is 10.6. The molecule has 3 amide bonds. The van der Waals surface area contributed by atoms with Gasteiger partial charge in [-0.05, 0) is 49.1 Å². The maximum absolute atomic E-state index is 13.3. The summed E-state index contributed by atoms with van der Waals surface area (Å²) in [6.07, 6.45) is 7.78. The van der Waals surface area contributed by atoms with E-state index in [9.17, 15) is 14.0 Å². The molecule has 2 N–H and O–H groups in total. The number of urea groups is 1. The van der Waals surface area contributed by atoms with E-state index < -0.39 is 11.8 Å². The smallest absolute Gasteiger partial charge is 0.324 e. The predicted molar refractivity (Wildman–Crippen MR) is 119 cm³/mol. The number of halogens is 1. The van der Waals surface area contributed by atoms with Crippen molar-refractivity contribution in [3.8, 4) is 0 Å². The van der Waals surface area contributed by atoms with Crippen LogP contribution in [-0.4, -0.2) is 44.7 Å². The molecule has 1 aromatic carbocycles. The zero-order valence-corrected chi connectivity index (χ0v) is 17.6. The molecule has 0 spiro atoms. The van der Waals surface area contributed by atoms with E-state index in [-0.39, 0.29) is 11.9 Å². The molecule has 1 aliphatic rings. The summed E-state index contributed by atoms with van der Waals surface area (Å²) in [6, 6.07) is 10.9. The molecule has 0 atom stereocenters. The number of nitrogens with one attached hydrogen (secondary N) is 2. The van der Waals surface area contributed by atoms with Crippen LogP contribution in [0.5, 0.6) is 0 Å². The fourth-order valence-corrected chi connectivity index (χ4v) is 3.86. The summed E-state index contributed by atoms with van der Waals surface area (Å²) >= 11 is 0. The number of rotatable bonds is 6. The number of anilines is 2. The van der Waals surface area contributed by atoms with Crippen LogP contribution in [-0.2, 0) is 11.2 Å². The number of likely N-dealkylation sites (tertiary alicyclic amines) is 1. The number of carbonyl (C=O) groups excluding carboxylic acids is 2. The zero-order chi connectivity index (χ0) is 22.3. The first-order valence-electron chi connectivity index (χ1n) is 10.6. The molecule has 0 radical (unpaired) electrons. The van der Waals surface area contributed by atoms with Crippen molar-refractivity contribution in [2.75, 3.05) is 23.7 Å². The van der Waals surface area contributed by atoms with Gasteiger partial charge in [-0.3, -0.25) is 15.1 Å². The molecule has 8 nitrogen and oxygen atoms in total. The van der Waals surface area contributed by atoms with Crippen LogP contribution in [0.15, 0.2) is 61.1 Å². The quantitative estimate of drug-likeness (QED) is 0.614. The summed E-state index contributed by atoms with van der Waals surface area (Å²) in [5, 5.41) is 9.75. The lowest BCUT2D eigenvalue weighted by molar-refractivity contribution is -0.132. The van der Waals surface area contributed by atoms with Crippen LogP contribution in [0, 0.1) is 5.82 Å². The van der Waals surface area contributed by atoms with Crippen LogP contribution in [0.25, 0.3) is 0 Å². The standard InChI is InChI=1S/C23H25FN6O2/c24-18-4-1-5-19(15-18)27-23(32)28-21-8-12-26-30(21)20-9-13-29(14-10-20)22(31)7-6-17-3-2-11-25-16-17/h1-5,8,11-12,15-16,20H,6-7,9-10,13-14H2,(H2,27,28,32). The maximum Gasteiger partial charge on any atom is 0.324 e. The number of aromatic nitrogens is 3. The van der Waals surface area contributed by atoms with Crippen molar-refractivity contribution in [3.05, 3.63) is 72.4 Å². The van der Waals surface area contributed by atoms with E-state index in [1.807, 2.05) is 17.0 Å². The minimum Gasteiger partial charge on any atom is -0.343 e. The van der Waals surface area contributed by atoms with E-state index in [1.54, 1.807) is 35.4 Å². The number of carbonyl (C=O) groups is 2.